The minimum atomic E-state index is -0.366. The molecule has 1 aliphatic heterocycles. The van der Waals surface area contributed by atoms with Crippen LogP contribution in [0.4, 0.5) is 0 Å². The summed E-state index contributed by atoms with van der Waals surface area (Å²) in [6.45, 7) is 2.85. The summed E-state index contributed by atoms with van der Waals surface area (Å²) in [4.78, 5) is 4.58. The fraction of sp³-hybridized carbons (Fsp3) is 0.867. The van der Waals surface area contributed by atoms with E-state index in [0.717, 1.165) is 44.6 Å². The smallest absolute Gasteiger partial charge is 0.227 e. The number of ether oxygens (including phenoxy) is 1. The minimum absolute atomic E-state index is 0.278. The molecule has 2 N–H and O–H groups in total. The first-order valence-corrected chi connectivity index (χ1v) is 7.90. The molecule has 0 aromatic carbocycles. The van der Waals surface area contributed by atoms with Crippen LogP contribution in [0.3, 0.4) is 0 Å². The highest BCUT2D eigenvalue weighted by Gasteiger charge is 2.35. The average molecular weight is 279 g/mol. The molecule has 5 nitrogen and oxygen atoms in total. The summed E-state index contributed by atoms with van der Waals surface area (Å²) in [5, 5.41) is 4.15. The third-order valence-electron chi connectivity index (χ3n) is 4.81. The van der Waals surface area contributed by atoms with E-state index in [9.17, 15) is 0 Å². The Hall–Kier alpha value is -0.940. The van der Waals surface area contributed by atoms with Gasteiger partial charge in [-0.2, -0.15) is 4.98 Å². The zero-order valence-electron chi connectivity index (χ0n) is 12.3. The van der Waals surface area contributed by atoms with Crippen molar-refractivity contribution in [1.29, 1.82) is 0 Å². The predicted octanol–water partition coefficient (Wildman–Crippen LogP) is 2.55. The number of nitrogens with two attached hydrogens (primary N) is 1. The van der Waals surface area contributed by atoms with E-state index in [4.69, 9.17) is 15.0 Å². The fourth-order valence-corrected chi connectivity index (χ4v) is 3.38. The molecule has 0 amide bonds. The third kappa shape index (κ3) is 2.88. The normalized spacial score (nSPS) is 35.1. The standard InChI is InChI=1S/C15H25N3O2/c1-15(8-4-5-9-19-15)14-17-13(20-18-14)10-11-6-2-3-7-12(11)16/h11-12H,2-10,16H2,1H3. The molecule has 2 aliphatic rings. The van der Waals surface area contributed by atoms with E-state index in [1.54, 1.807) is 0 Å². The molecule has 3 rings (SSSR count). The van der Waals surface area contributed by atoms with Gasteiger partial charge < -0.3 is 15.0 Å². The van der Waals surface area contributed by atoms with E-state index in [1.165, 1.54) is 19.3 Å². The Morgan fingerprint density at radius 2 is 2.10 bits per heavy atom. The number of hydrogen-bond donors (Lipinski definition) is 1. The van der Waals surface area contributed by atoms with Crippen molar-refractivity contribution in [1.82, 2.24) is 10.1 Å². The van der Waals surface area contributed by atoms with Crippen molar-refractivity contribution in [3.05, 3.63) is 11.7 Å². The van der Waals surface area contributed by atoms with Crippen molar-refractivity contribution in [3.63, 3.8) is 0 Å². The quantitative estimate of drug-likeness (QED) is 0.920. The van der Waals surface area contributed by atoms with E-state index < -0.39 is 0 Å². The molecule has 3 unspecified atom stereocenters. The summed E-state index contributed by atoms with van der Waals surface area (Å²) in [5.74, 6) is 1.91. The van der Waals surface area contributed by atoms with Gasteiger partial charge in [-0.3, -0.25) is 0 Å². The Morgan fingerprint density at radius 3 is 2.85 bits per heavy atom. The lowest BCUT2D eigenvalue weighted by molar-refractivity contribution is -0.0770. The number of nitrogens with zero attached hydrogens (tertiary/aromatic N) is 2. The number of hydrogen-bond acceptors (Lipinski definition) is 5. The van der Waals surface area contributed by atoms with Crippen LogP contribution in [0.1, 0.15) is 63.6 Å². The van der Waals surface area contributed by atoms with E-state index in [-0.39, 0.29) is 11.6 Å². The predicted molar refractivity (Wildman–Crippen MR) is 75.1 cm³/mol. The molecule has 3 atom stereocenters. The molecule has 112 valence electrons. The van der Waals surface area contributed by atoms with Crippen LogP contribution < -0.4 is 5.73 Å². The summed E-state index contributed by atoms with van der Waals surface area (Å²) in [7, 11) is 0. The molecule has 1 aromatic rings. The highest BCUT2D eigenvalue weighted by atomic mass is 16.5. The van der Waals surface area contributed by atoms with Crippen molar-refractivity contribution in [2.24, 2.45) is 11.7 Å². The van der Waals surface area contributed by atoms with Crippen LogP contribution >= 0.6 is 0 Å². The Balaban J connectivity index is 1.67. The molecule has 2 heterocycles. The van der Waals surface area contributed by atoms with Gasteiger partial charge in [0, 0.05) is 19.1 Å². The highest BCUT2D eigenvalue weighted by Crippen LogP contribution is 2.33. The van der Waals surface area contributed by atoms with Gasteiger partial charge in [-0.15, -0.1) is 0 Å². The fourth-order valence-electron chi connectivity index (χ4n) is 3.38. The second-order valence-corrected chi connectivity index (χ2v) is 6.46. The van der Waals surface area contributed by atoms with Crippen LogP contribution in [0.5, 0.6) is 0 Å². The monoisotopic (exact) mass is 279 g/mol. The second kappa shape index (κ2) is 5.82. The summed E-state index contributed by atoms with van der Waals surface area (Å²) in [6.07, 6.45) is 8.86. The summed E-state index contributed by atoms with van der Waals surface area (Å²) >= 11 is 0. The van der Waals surface area contributed by atoms with Gasteiger partial charge in [0.1, 0.15) is 5.60 Å². The van der Waals surface area contributed by atoms with Gasteiger partial charge in [0.25, 0.3) is 0 Å². The van der Waals surface area contributed by atoms with Gasteiger partial charge in [-0.05, 0) is 44.9 Å². The van der Waals surface area contributed by atoms with E-state index >= 15 is 0 Å². The van der Waals surface area contributed by atoms with Gasteiger partial charge in [0.15, 0.2) is 0 Å². The Kier molecular flexibility index (Phi) is 4.08. The van der Waals surface area contributed by atoms with Gasteiger partial charge >= 0.3 is 0 Å². The number of aromatic nitrogens is 2. The van der Waals surface area contributed by atoms with Crippen LogP contribution in [0.2, 0.25) is 0 Å². The minimum Gasteiger partial charge on any atom is -0.367 e. The summed E-state index contributed by atoms with van der Waals surface area (Å²) < 4.78 is 11.3. The largest absolute Gasteiger partial charge is 0.367 e. The van der Waals surface area contributed by atoms with Crippen LogP contribution in [0.25, 0.3) is 0 Å². The van der Waals surface area contributed by atoms with Gasteiger partial charge in [-0.1, -0.05) is 18.0 Å². The van der Waals surface area contributed by atoms with Crippen LogP contribution in [-0.2, 0) is 16.8 Å². The Morgan fingerprint density at radius 1 is 1.25 bits per heavy atom. The van der Waals surface area contributed by atoms with Crippen molar-refractivity contribution in [2.75, 3.05) is 6.61 Å². The Labute approximate surface area is 120 Å². The zero-order chi connectivity index (χ0) is 14.0. The molecular weight excluding hydrogens is 254 g/mol. The topological polar surface area (TPSA) is 74.2 Å². The molecular formula is C15H25N3O2. The first-order chi connectivity index (χ1) is 9.67. The molecule has 1 aliphatic carbocycles. The second-order valence-electron chi connectivity index (χ2n) is 6.46. The molecule has 0 spiro atoms. The molecule has 1 saturated carbocycles. The van der Waals surface area contributed by atoms with Crippen LogP contribution in [-0.4, -0.2) is 22.8 Å². The van der Waals surface area contributed by atoms with Crippen molar-refractivity contribution < 1.29 is 9.26 Å². The highest BCUT2D eigenvalue weighted by molar-refractivity contribution is 5.01. The van der Waals surface area contributed by atoms with E-state index in [0.29, 0.717) is 11.7 Å². The van der Waals surface area contributed by atoms with Crippen molar-refractivity contribution in [3.8, 4) is 0 Å². The molecule has 1 aromatic heterocycles. The van der Waals surface area contributed by atoms with Crippen molar-refractivity contribution >= 4 is 0 Å². The maximum Gasteiger partial charge on any atom is 0.227 e. The average Bonchev–Trinajstić information content (AvgIpc) is 2.92. The molecule has 5 heteroatoms. The molecule has 2 fully saturated rings. The van der Waals surface area contributed by atoms with Gasteiger partial charge in [0.2, 0.25) is 11.7 Å². The Bertz CT molecular complexity index is 440. The SMILES string of the molecule is CC1(c2noc(CC3CCCCC3N)n2)CCCCO1. The third-order valence-corrected chi connectivity index (χ3v) is 4.81. The molecule has 0 radical (unpaired) electrons. The van der Waals surface area contributed by atoms with E-state index in [2.05, 4.69) is 17.1 Å². The maximum absolute atomic E-state index is 6.19. The lowest BCUT2D eigenvalue weighted by atomic mass is 9.83. The lowest BCUT2D eigenvalue weighted by Gasteiger charge is -2.30. The summed E-state index contributed by atoms with van der Waals surface area (Å²) in [5.41, 5.74) is 5.82. The van der Waals surface area contributed by atoms with Crippen LogP contribution in [0.15, 0.2) is 4.52 Å². The molecule has 20 heavy (non-hydrogen) atoms. The summed E-state index contributed by atoms with van der Waals surface area (Å²) in [6, 6.07) is 0.278. The molecule has 0 bridgehead atoms. The zero-order valence-corrected chi connectivity index (χ0v) is 12.3. The van der Waals surface area contributed by atoms with E-state index in [1.807, 2.05) is 0 Å². The number of rotatable bonds is 3. The first-order valence-electron chi connectivity index (χ1n) is 7.90. The molecule has 1 saturated heterocycles. The van der Waals surface area contributed by atoms with Crippen LogP contribution in [0, 0.1) is 5.92 Å². The maximum atomic E-state index is 6.19. The van der Waals surface area contributed by atoms with Gasteiger partial charge in [-0.25, -0.2) is 0 Å². The van der Waals surface area contributed by atoms with Gasteiger partial charge in [0.05, 0.1) is 0 Å². The first kappa shape index (κ1) is 14.0. The van der Waals surface area contributed by atoms with Crippen molar-refractivity contribution in [2.45, 2.75) is 69.9 Å². The lowest BCUT2D eigenvalue weighted by Crippen LogP contribution is -2.34.